The van der Waals surface area contributed by atoms with Crippen molar-refractivity contribution in [3.05, 3.63) is 65.7 Å². The Labute approximate surface area is 128 Å². The number of hydrogen-bond acceptors (Lipinski definition) is 2. The molecule has 0 radical (unpaired) electrons. The SMILES string of the molecule is CC.CCCc1ccc(S(=O)(=O)Cc2ccccc2)cc1. The number of benzene rings is 2. The summed E-state index contributed by atoms with van der Waals surface area (Å²) in [5.41, 5.74) is 2.00. The van der Waals surface area contributed by atoms with Crippen molar-refractivity contribution in [2.75, 3.05) is 0 Å². The van der Waals surface area contributed by atoms with E-state index in [0.29, 0.717) is 4.90 Å². The molecule has 2 nitrogen and oxygen atoms in total. The molecule has 0 aromatic heterocycles. The van der Waals surface area contributed by atoms with Gasteiger partial charge in [-0.25, -0.2) is 8.42 Å². The van der Waals surface area contributed by atoms with Crippen molar-refractivity contribution >= 4 is 9.84 Å². The summed E-state index contributed by atoms with van der Waals surface area (Å²) in [5.74, 6) is 0.0565. The lowest BCUT2D eigenvalue weighted by Crippen LogP contribution is -2.05. The van der Waals surface area contributed by atoms with Gasteiger partial charge >= 0.3 is 0 Å². The van der Waals surface area contributed by atoms with E-state index < -0.39 is 9.84 Å². The van der Waals surface area contributed by atoms with E-state index in [4.69, 9.17) is 0 Å². The predicted octanol–water partition coefficient (Wildman–Crippen LogP) is 4.64. The minimum Gasteiger partial charge on any atom is -0.223 e. The van der Waals surface area contributed by atoms with E-state index in [2.05, 4.69) is 6.92 Å². The van der Waals surface area contributed by atoms with Gasteiger partial charge in [0.25, 0.3) is 0 Å². The van der Waals surface area contributed by atoms with Crippen LogP contribution in [0.4, 0.5) is 0 Å². The maximum Gasteiger partial charge on any atom is 0.182 e. The van der Waals surface area contributed by atoms with E-state index in [1.54, 1.807) is 12.1 Å². The standard InChI is InChI=1S/C16H18O2S.C2H6/c1-2-6-14-9-11-16(12-10-14)19(17,18)13-15-7-4-3-5-8-15;1-2/h3-5,7-12H,2,6,13H2,1H3;1-2H3. The lowest BCUT2D eigenvalue weighted by Gasteiger charge is -2.06. The molecule has 21 heavy (non-hydrogen) atoms. The monoisotopic (exact) mass is 304 g/mol. The fourth-order valence-electron chi connectivity index (χ4n) is 2.03. The van der Waals surface area contributed by atoms with Gasteiger partial charge in [0.05, 0.1) is 10.6 Å². The van der Waals surface area contributed by atoms with Gasteiger partial charge in [-0.05, 0) is 29.7 Å². The first kappa shape index (κ1) is 17.4. The van der Waals surface area contributed by atoms with Gasteiger partial charge in [-0.15, -0.1) is 0 Å². The van der Waals surface area contributed by atoms with E-state index in [-0.39, 0.29) is 5.75 Å². The molecule has 2 rings (SSSR count). The van der Waals surface area contributed by atoms with Crippen LogP contribution in [0.3, 0.4) is 0 Å². The summed E-state index contributed by atoms with van der Waals surface area (Å²) in [7, 11) is -3.25. The molecule has 0 unspecified atom stereocenters. The van der Waals surface area contributed by atoms with Crippen molar-refractivity contribution in [3.63, 3.8) is 0 Å². The Morgan fingerprint density at radius 1 is 0.810 bits per heavy atom. The Balaban J connectivity index is 0.00000106. The van der Waals surface area contributed by atoms with Crippen molar-refractivity contribution in [1.29, 1.82) is 0 Å². The highest BCUT2D eigenvalue weighted by molar-refractivity contribution is 7.90. The van der Waals surface area contributed by atoms with Crippen molar-refractivity contribution in [3.8, 4) is 0 Å². The van der Waals surface area contributed by atoms with Gasteiger partial charge in [-0.2, -0.15) is 0 Å². The zero-order valence-corrected chi connectivity index (χ0v) is 13.9. The largest absolute Gasteiger partial charge is 0.223 e. The maximum absolute atomic E-state index is 12.3. The zero-order valence-electron chi connectivity index (χ0n) is 13.0. The first-order valence-electron chi connectivity index (χ1n) is 7.47. The third-order valence-electron chi connectivity index (χ3n) is 3.02. The molecular formula is C18H24O2S. The van der Waals surface area contributed by atoms with Crippen LogP contribution in [0.1, 0.15) is 38.3 Å². The van der Waals surface area contributed by atoms with Gasteiger partial charge in [0, 0.05) is 0 Å². The Morgan fingerprint density at radius 2 is 1.38 bits per heavy atom. The summed E-state index contributed by atoms with van der Waals surface area (Å²) in [6.45, 7) is 6.11. The average Bonchev–Trinajstić information content (AvgIpc) is 2.51. The average molecular weight is 304 g/mol. The second-order valence-corrected chi connectivity index (χ2v) is 6.63. The summed E-state index contributed by atoms with van der Waals surface area (Å²) < 4.78 is 24.5. The molecule has 0 bridgehead atoms. The van der Waals surface area contributed by atoms with Gasteiger partial charge in [0.1, 0.15) is 0 Å². The zero-order chi connectivity index (χ0) is 15.7. The lowest BCUT2D eigenvalue weighted by atomic mass is 10.1. The molecule has 0 aliphatic heterocycles. The summed E-state index contributed by atoms with van der Waals surface area (Å²) >= 11 is 0. The molecule has 3 heteroatoms. The van der Waals surface area contributed by atoms with Crippen LogP contribution in [-0.4, -0.2) is 8.42 Å². The maximum atomic E-state index is 12.3. The summed E-state index contributed by atoms with van der Waals surface area (Å²) in [4.78, 5) is 0.399. The Kier molecular flexibility index (Phi) is 7.17. The highest BCUT2D eigenvalue weighted by Gasteiger charge is 2.14. The molecule has 0 heterocycles. The molecule has 0 aliphatic rings. The molecule has 0 N–H and O–H groups in total. The normalized spacial score (nSPS) is 10.6. The van der Waals surface area contributed by atoms with Crippen LogP contribution in [0.15, 0.2) is 59.5 Å². The number of hydrogen-bond donors (Lipinski definition) is 0. The summed E-state index contributed by atoms with van der Waals surface area (Å²) in [6, 6.07) is 16.5. The van der Waals surface area contributed by atoms with Crippen molar-refractivity contribution in [2.24, 2.45) is 0 Å². The van der Waals surface area contributed by atoms with Gasteiger partial charge in [0.2, 0.25) is 0 Å². The van der Waals surface area contributed by atoms with Crippen LogP contribution >= 0.6 is 0 Å². The molecule has 0 spiro atoms. The van der Waals surface area contributed by atoms with E-state index >= 15 is 0 Å². The van der Waals surface area contributed by atoms with E-state index in [1.165, 1.54) is 5.56 Å². The fourth-order valence-corrected chi connectivity index (χ4v) is 3.38. The van der Waals surface area contributed by atoms with Gasteiger partial charge in [0.15, 0.2) is 9.84 Å². The molecule has 2 aromatic carbocycles. The second kappa shape index (κ2) is 8.63. The van der Waals surface area contributed by atoms with E-state index in [0.717, 1.165) is 18.4 Å². The summed E-state index contributed by atoms with van der Waals surface area (Å²) in [5, 5.41) is 0. The molecule has 0 saturated heterocycles. The minimum atomic E-state index is -3.25. The fraction of sp³-hybridized carbons (Fsp3) is 0.333. The van der Waals surface area contributed by atoms with Gasteiger partial charge in [-0.1, -0.05) is 69.7 Å². The number of aryl methyl sites for hydroxylation is 1. The molecule has 0 atom stereocenters. The molecule has 0 aliphatic carbocycles. The molecule has 2 aromatic rings. The molecular weight excluding hydrogens is 280 g/mol. The molecule has 0 saturated carbocycles. The van der Waals surface area contributed by atoms with E-state index in [1.807, 2.05) is 56.3 Å². The first-order chi connectivity index (χ1) is 10.1. The lowest BCUT2D eigenvalue weighted by molar-refractivity contribution is 0.595. The van der Waals surface area contributed by atoms with Crippen LogP contribution in [-0.2, 0) is 22.0 Å². The predicted molar refractivity (Wildman–Crippen MR) is 89.1 cm³/mol. The number of sulfone groups is 1. The third-order valence-corrected chi connectivity index (χ3v) is 4.72. The van der Waals surface area contributed by atoms with Crippen LogP contribution in [0, 0.1) is 0 Å². The second-order valence-electron chi connectivity index (χ2n) is 4.64. The van der Waals surface area contributed by atoms with Crippen molar-refractivity contribution in [2.45, 2.75) is 44.3 Å². The van der Waals surface area contributed by atoms with Gasteiger partial charge in [-0.3, -0.25) is 0 Å². The van der Waals surface area contributed by atoms with Crippen LogP contribution < -0.4 is 0 Å². The third kappa shape index (κ3) is 5.35. The molecule has 0 fully saturated rings. The van der Waals surface area contributed by atoms with Crippen molar-refractivity contribution in [1.82, 2.24) is 0 Å². The topological polar surface area (TPSA) is 34.1 Å². The Bertz CT molecular complexity index is 614. The molecule has 0 amide bonds. The van der Waals surface area contributed by atoms with Gasteiger partial charge < -0.3 is 0 Å². The Hall–Kier alpha value is -1.61. The first-order valence-corrected chi connectivity index (χ1v) is 9.12. The Morgan fingerprint density at radius 3 is 1.90 bits per heavy atom. The van der Waals surface area contributed by atoms with Crippen molar-refractivity contribution < 1.29 is 8.42 Å². The van der Waals surface area contributed by atoms with Crippen LogP contribution in [0.25, 0.3) is 0 Å². The molecule has 114 valence electrons. The smallest absolute Gasteiger partial charge is 0.182 e. The summed E-state index contributed by atoms with van der Waals surface area (Å²) in [6.07, 6.45) is 2.05. The highest BCUT2D eigenvalue weighted by Crippen LogP contribution is 2.17. The van der Waals surface area contributed by atoms with E-state index in [9.17, 15) is 8.42 Å². The number of rotatable bonds is 5. The minimum absolute atomic E-state index is 0.0565. The van der Waals surface area contributed by atoms with Crippen LogP contribution in [0.5, 0.6) is 0 Å². The highest BCUT2D eigenvalue weighted by atomic mass is 32.2. The quantitative estimate of drug-likeness (QED) is 0.806. The van der Waals surface area contributed by atoms with Crippen LogP contribution in [0.2, 0.25) is 0 Å².